The third-order valence-corrected chi connectivity index (χ3v) is 6.55. The summed E-state index contributed by atoms with van der Waals surface area (Å²) in [5.74, 6) is -0.00452. The maximum atomic E-state index is 12.5. The molecule has 0 unspecified atom stereocenters. The van der Waals surface area contributed by atoms with Gasteiger partial charge in [0, 0.05) is 19.6 Å². The molecule has 0 bridgehead atoms. The van der Waals surface area contributed by atoms with Crippen LogP contribution in [-0.2, 0) is 17.6 Å². The lowest BCUT2D eigenvalue weighted by Gasteiger charge is -2.23. The Morgan fingerprint density at radius 3 is 2.60 bits per heavy atom. The summed E-state index contributed by atoms with van der Waals surface area (Å²) >= 11 is 0. The van der Waals surface area contributed by atoms with Crippen molar-refractivity contribution in [1.29, 1.82) is 0 Å². The van der Waals surface area contributed by atoms with Gasteiger partial charge in [0.05, 0.1) is 5.41 Å². The predicted octanol–water partition coefficient (Wildman–Crippen LogP) is 2.69. The van der Waals surface area contributed by atoms with Crippen LogP contribution in [0.4, 0.5) is 4.79 Å². The number of carbonyl (C=O) groups is 2. The molecular weight excluding hydrogens is 316 g/mol. The third kappa shape index (κ3) is 2.90. The summed E-state index contributed by atoms with van der Waals surface area (Å²) in [6.45, 7) is 1.62. The zero-order chi connectivity index (χ0) is 17.4. The smallest absolute Gasteiger partial charge is 0.317 e. The number of nitrogens with one attached hydrogen (secondary N) is 1. The van der Waals surface area contributed by atoms with Gasteiger partial charge in [-0.25, -0.2) is 4.79 Å². The van der Waals surface area contributed by atoms with Crippen LogP contribution in [0.25, 0.3) is 0 Å². The zero-order valence-corrected chi connectivity index (χ0v) is 14.5. The third-order valence-electron chi connectivity index (χ3n) is 6.55. The minimum atomic E-state index is -0.728. The maximum absolute atomic E-state index is 12.5. The number of hydrogen-bond acceptors (Lipinski definition) is 2. The minimum absolute atomic E-state index is 0.0921. The average Bonchev–Trinajstić information content (AvgIpc) is 3.26. The molecule has 25 heavy (non-hydrogen) atoms. The van der Waals surface area contributed by atoms with Crippen LogP contribution in [-0.4, -0.2) is 41.6 Å². The van der Waals surface area contributed by atoms with Crippen molar-refractivity contribution in [3.63, 3.8) is 0 Å². The highest BCUT2D eigenvalue weighted by molar-refractivity contribution is 5.80. The highest BCUT2D eigenvalue weighted by Crippen LogP contribution is 2.48. The molecule has 2 atom stereocenters. The molecule has 1 saturated carbocycles. The number of amides is 2. The first-order valence-corrected chi connectivity index (χ1v) is 9.41. The van der Waals surface area contributed by atoms with Gasteiger partial charge in [0.15, 0.2) is 0 Å². The van der Waals surface area contributed by atoms with Crippen molar-refractivity contribution in [3.05, 3.63) is 35.4 Å². The summed E-state index contributed by atoms with van der Waals surface area (Å²) in [6, 6.07) is 8.48. The lowest BCUT2D eigenvalue weighted by Crippen LogP contribution is -2.42. The SMILES string of the molecule is O=C(NCCC1Cc2ccccc2C1)N1C[C@@H]2CCC[C@@]2(C(=O)O)C1. The van der Waals surface area contributed by atoms with Crippen molar-refractivity contribution in [2.24, 2.45) is 17.3 Å². The number of nitrogens with zero attached hydrogens (tertiary/aromatic N) is 1. The van der Waals surface area contributed by atoms with Gasteiger partial charge >= 0.3 is 12.0 Å². The van der Waals surface area contributed by atoms with E-state index in [0.717, 1.165) is 32.1 Å². The molecule has 2 N–H and O–H groups in total. The normalized spacial score (nSPS) is 28.0. The Labute approximate surface area is 148 Å². The molecule has 1 heterocycles. The molecule has 5 heteroatoms. The van der Waals surface area contributed by atoms with E-state index < -0.39 is 11.4 Å². The molecule has 0 aromatic heterocycles. The van der Waals surface area contributed by atoms with Gasteiger partial charge in [0.1, 0.15) is 0 Å². The highest BCUT2D eigenvalue weighted by atomic mass is 16.4. The summed E-state index contributed by atoms with van der Waals surface area (Å²) in [5.41, 5.74) is 2.19. The van der Waals surface area contributed by atoms with Crippen molar-refractivity contribution >= 4 is 12.0 Å². The number of urea groups is 1. The van der Waals surface area contributed by atoms with Crippen LogP contribution >= 0.6 is 0 Å². The highest BCUT2D eigenvalue weighted by Gasteiger charge is 2.55. The van der Waals surface area contributed by atoms with Gasteiger partial charge in [-0.05, 0) is 55.1 Å². The number of rotatable bonds is 4. The predicted molar refractivity (Wildman–Crippen MR) is 94.3 cm³/mol. The molecule has 1 aromatic rings. The van der Waals surface area contributed by atoms with Gasteiger partial charge in [-0.15, -0.1) is 0 Å². The first kappa shape index (κ1) is 16.4. The van der Waals surface area contributed by atoms with Crippen LogP contribution in [0.15, 0.2) is 24.3 Å². The first-order chi connectivity index (χ1) is 12.1. The Bertz CT molecular complexity index is 664. The van der Waals surface area contributed by atoms with E-state index in [9.17, 15) is 14.7 Å². The zero-order valence-electron chi connectivity index (χ0n) is 14.5. The fourth-order valence-corrected chi connectivity index (χ4v) is 5.14. The number of carboxylic acid groups (broad SMARTS) is 1. The van der Waals surface area contributed by atoms with Gasteiger partial charge in [-0.2, -0.15) is 0 Å². The van der Waals surface area contributed by atoms with Gasteiger partial charge in [0.2, 0.25) is 0 Å². The number of carbonyl (C=O) groups excluding carboxylic acids is 1. The van der Waals surface area contributed by atoms with Crippen LogP contribution < -0.4 is 5.32 Å². The first-order valence-electron chi connectivity index (χ1n) is 9.41. The van der Waals surface area contributed by atoms with Crippen molar-refractivity contribution in [1.82, 2.24) is 10.2 Å². The largest absolute Gasteiger partial charge is 0.481 e. The summed E-state index contributed by atoms with van der Waals surface area (Å²) in [4.78, 5) is 25.9. The molecule has 2 aliphatic carbocycles. The Kier molecular flexibility index (Phi) is 4.18. The molecule has 0 spiro atoms. The van der Waals surface area contributed by atoms with Crippen molar-refractivity contribution in [3.8, 4) is 0 Å². The molecule has 1 aliphatic heterocycles. The van der Waals surface area contributed by atoms with Crippen LogP contribution in [0.1, 0.15) is 36.8 Å². The van der Waals surface area contributed by atoms with E-state index in [1.165, 1.54) is 11.1 Å². The lowest BCUT2D eigenvalue weighted by molar-refractivity contribution is -0.149. The number of benzene rings is 1. The monoisotopic (exact) mass is 342 g/mol. The molecule has 3 aliphatic rings. The minimum Gasteiger partial charge on any atom is -0.481 e. The standard InChI is InChI=1S/C20H26N2O3/c23-18(24)20-8-3-6-17(20)12-22(13-20)19(25)21-9-7-14-10-15-4-1-2-5-16(15)11-14/h1-2,4-5,14,17H,3,6-13H2,(H,21,25)(H,23,24)/t17-,20+/m0/s1. The number of hydrogen-bond donors (Lipinski definition) is 2. The molecule has 2 fully saturated rings. The second-order valence-corrected chi connectivity index (χ2v) is 7.99. The lowest BCUT2D eigenvalue weighted by atomic mass is 9.81. The molecule has 4 rings (SSSR count). The van der Waals surface area contributed by atoms with Crippen molar-refractivity contribution in [2.75, 3.05) is 19.6 Å². The molecule has 1 saturated heterocycles. The van der Waals surface area contributed by atoms with Gasteiger partial charge < -0.3 is 15.3 Å². The number of likely N-dealkylation sites (tertiary alicyclic amines) is 1. The van der Waals surface area contributed by atoms with Crippen LogP contribution in [0, 0.1) is 17.3 Å². The number of fused-ring (bicyclic) bond motifs is 2. The van der Waals surface area contributed by atoms with Gasteiger partial charge in [-0.1, -0.05) is 30.7 Å². The van der Waals surface area contributed by atoms with Crippen LogP contribution in [0.5, 0.6) is 0 Å². The molecule has 2 amide bonds. The van der Waals surface area contributed by atoms with E-state index in [2.05, 4.69) is 29.6 Å². The summed E-state index contributed by atoms with van der Waals surface area (Å²) in [7, 11) is 0. The Morgan fingerprint density at radius 1 is 1.24 bits per heavy atom. The molecule has 1 aromatic carbocycles. The maximum Gasteiger partial charge on any atom is 0.317 e. The number of aliphatic carboxylic acids is 1. The van der Waals surface area contributed by atoms with E-state index in [0.29, 0.717) is 32.0 Å². The van der Waals surface area contributed by atoms with E-state index in [4.69, 9.17) is 0 Å². The molecule has 5 nitrogen and oxygen atoms in total. The fourth-order valence-electron chi connectivity index (χ4n) is 5.14. The Balaban J connectivity index is 1.26. The van der Waals surface area contributed by atoms with E-state index >= 15 is 0 Å². The molecule has 134 valence electrons. The second kappa shape index (κ2) is 6.36. The van der Waals surface area contributed by atoms with E-state index in [1.807, 2.05) is 0 Å². The van der Waals surface area contributed by atoms with Crippen LogP contribution in [0.3, 0.4) is 0 Å². The average molecular weight is 342 g/mol. The van der Waals surface area contributed by atoms with E-state index in [1.54, 1.807) is 4.90 Å². The van der Waals surface area contributed by atoms with E-state index in [-0.39, 0.29) is 11.9 Å². The summed E-state index contributed by atoms with van der Waals surface area (Å²) < 4.78 is 0. The van der Waals surface area contributed by atoms with Crippen molar-refractivity contribution < 1.29 is 14.7 Å². The molecule has 0 radical (unpaired) electrons. The second-order valence-electron chi connectivity index (χ2n) is 7.99. The quantitative estimate of drug-likeness (QED) is 0.884. The van der Waals surface area contributed by atoms with Crippen molar-refractivity contribution in [2.45, 2.75) is 38.5 Å². The fraction of sp³-hybridized carbons (Fsp3) is 0.600. The van der Waals surface area contributed by atoms with Gasteiger partial charge in [-0.3, -0.25) is 4.79 Å². The Hall–Kier alpha value is -2.04. The summed E-state index contributed by atoms with van der Waals surface area (Å²) in [5, 5.41) is 12.6. The number of carboxylic acids is 1. The van der Waals surface area contributed by atoms with Crippen LogP contribution in [0.2, 0.25) is 0 Å². The Morgan fingerprint density at radius 2 is 1.96 bits per heavy atom. The molecular formula is C20H26N2O3. The van der Waals surface area contributed by atoms with Gasteiger partial charge in [0.25, 0.3) is 0 Å². The topological polar surface area (TPSA) is 69.6 Å². The summed E-state index contributed by atoms with van der Waals surface area (Å²) in [6.07, 6.45) is 5.77.